The van der Waals surface area contributed by atoms with Crippen molar-refractivity contribution in [1.29, 1.82) is 0 Å². The van der Waals surface area contributed by atoms with Gasteiger partial charge in [0.25, 0.3) is 0 Å². The summed E-state index contributed by atoms with van der Waals surface area (Å²) in [5.74, 6) is 3.37. The number of ether oxygens (including phenoxy) is 1. The molecule has 0 aromatic carbocycles. The summed E-state index contributed by atoms with van der Waals surface area (Å²) >= 11 is 1.97. The number of Topliss-reactive ketones (excluding diaryl/α,β-unsaturated/α-hetero) is 1. The first-order chi connectivity index (χ1) is 12.7. The summed E-state index contributed by atoms with van der Waals surface area (Å²) in [6.45, 7) is 9.71. The van der Waals surface area contributed by atoms with Crippen molar-refractivity contribution < 1.29 is 9.53 Å². The van der Waals surface area contributed by atoms with Gasteiger partial charge in [0.05, 0.1) is 0 Å². The number of carbonyl (C=O) groups is 1. The molecule has 1 spiro atoms. The minimum Gasteiger partial charge on any atom is -0.486 e. The fourth-order valence-corrected chi connectivity index (χ4v) is 9.57. The lowest BCUT2D eigenvalue weighted by Crippen LogP contribution is -2.42. The highest BCUT2D eigenvalue weighted by molar-refractivity contribution is 7.98. The highest BCUT2D eigenvalue weighted by Crippen LogP contribution is 2.70. The molecule has 0 heterocycles. The lowest BCUT2D eigenvalue weighted by molar-refractivity contribution is -0.125. The Balaban J connectivity index is 1.52. The smallest absolute Gasteiger partial charge is 0.201 e. The first-order valence-corrected chi connectivity index (χ1v) is 12.5. The van der Waals surface area contributed by atoms with Gasteiger partial charge in [-0.25, -0.2) is 0 Å². The largest absolute Gasteiger partial charge is 0.486 e. The van der Waals surface area contributed by atoms with Gasteiger partial charge in [-0.2, -0.15) is 11.8 Å². The zero-order valence-corrected chi connectivity index (χ0v) is 18.6. The van der Waals surface area contributed by atoms with Crippen molar-refractivity contribution in [3.8, 4) is 0 Å². The van der Waals surface area contributed by atoms with E-state index >= 15 is 0 Å². The molecule has 27 heavy (non-hydrogen) atoms. The van der Waals surface area contributed by atoms with E-state index < -0.39 is 0 Å². The average Bonchev–Trinajstić information content (AvgIpc) is 3.28. The standard InChI is InChI=1S/C24H36O2S/c1-21(2)12-17-20(19(25)16-7-6-9-23(16,17)13-21)26-18-11-15-8-10-24(18,14-27-5)22(15,3)4/h15-16,18H,6-14H2,1-5H3/t15-,16+,18-,23-,24-/m1/s1. The average molecular weight is 389 g/mol. The molecule has 0 N–H and O–H groups in total. The molecule has 150 valence electrons. The molecule has 5 aliphatic rings. The maximum absolute atomic E-state index is 13.4. The number of hydrogen-bond donors (Lipinski definition) is 0. The summed E-state index contributed by atoms with van der Waals surface area (Å²) in [7, 11) is 0. The van der Waals surface area contributed by atoms with E-state index in [4.69, 9.17) is 4.74 Å². The Bertz CT molecular complexity index is 720. The van der Waals surface area contributed by atoms with Crippen LogP contribution in [0.3, 0.4) is 0 Å². The molecule has 0 radical (unpaired) electrons. The summed E-state index contributed by atoms with van der Waals surface area (Å²) in [5, 5.41) is 0. The van der Waals surface area contributed by atoms with Gasteiger partial charge < -0.3 is 4.74 Å². The van der Waals surface area contributed by atoms with E-state index in [0.29, 0.717) is 16.6 Å². The second-order valence-electron chi connectivity index (χ2n) is 11.7. The van der Waals surface area contributed by atoms with E-state index in [0.717, 1.165) is 36.7 Å². The Morgan fingerprint density at radius 2 is 1.93 bits per heavy atom. The normalized spacial score (nSPS) is 46.3. The predicted octanol–water partition coefficient (Wildman–Crippen LogP) is 6.00. The highest BCUT2D eigenvalue weighted by Gasteiger charge is 2.67. The van der Waals surface area contributed by atoms with Gasteiger partial charge in [0.1, 0.15) is 6.10 Å². The van der Waals surface area contributed by atoms with Gasteiger partial charge in [-0.1, -0.05) is 34.1 Å². The number of ketones is 1. The summed E-state index contributed by atoms with van der Waals surface area (Å²) in [6, 6.07) is 0. The Kier molecular flexibility index (Phi) is 3.84. The minimum absolute atomic E-state index is 0.162. The van der Waals surface area contributed by atoms with Gasteiger partial charge in [0.15, 0.2) is 5.76 Å². The molecular weight excluding hydrogens is 352 g/mol. The van der Waals surface area contributed by atoms with Gasteiger partial charge in [0, 0.05) is 22.5 Å². The number of allylic oxidation sites excluding steroid dienone is 2. The number of rotatable bonds is 4. The van der Waals surface area contributed by atoms with Crippen LogP contribution in [0.15, 0.2) is 11.3 Å². The lowest BCUT2D eigenvalue weighted by atomic mass is 9.69. The van der Waals surface area contributed by atoms with Crippen LogP contribution in [-0.4, -0.2) is 23.9 Å². The maximum atomic E-state index is 13.4. The fraction of sp³-hybridized carbons (Fsp3) is 0.875. The molecular formula is C24H36O2S. The van der Waals surface area contributed by atoms with Crippen LogP contribution in [0.5, 0.6) is 0 Å². The van der Waals surface area contributed by atoms with Gasteiger partial charge in [-0.3, -0.25) is 4.79 Å². The third kappa shape index (κ3) is 2.19. The van der Waals surface area contributed by atoms with E-state index in [2.05, 4.69) is 34.0 Å². The number of fused-ring (bicyclic) bond motifs is 2. The van der Waals surface area contributed by atoms with Gasteiger partial charge in [-0.05, 0) is 73.5 Å². The fourth-order valence-electron chi connectivity index (χ4n) is 8.35. The Morgan fingerprint density at radius 3 is 2.63 bits per heavy atom. The summed E-state index contributed by atoms with van der Waals surface area (Å²) in [5.41, 5.74) is 2.48. The first kappa shape index (κ1) is 18.6. The molecule has 4 saturated carbocycles. The van der Waals surface area contributed by atoms with Crippen molar-refractivity contribution in [1.82, 2.24) is 0 Å². The van der Waals surface area contributed by atoms with Crippen LogP contribution in [0.1, 0.15) is 79.1 Å². The molecule has 5 rings (SSSR count). The Labute approximate surface area is 169 Å². The first-order valence-electron chi connectivity index (χ1n) is 11.1. The van der Waals surface area contributed by atoms with Crippen LogP contribution in [0.25, 0.3) is 0 Å². The third-order valence-electron chi connectivity index (χ3n) is 9.67. The minimum atomic E-state index is 0.162. The van der Waals surface area contributed by atoms with Crippen molar-refractivity contribution in [2.75, 3.05) is 12.0 Å². The van der Waals surface area contributed by atoms with Crippen molar-refractivity contribution >= 4 is 17.5 Å². The van der Waals surface area contributed by atoms with Crippen LogP contribution in [0, 0.1) is 33.5 Å². The second-order valence-corrected chi connectivity index (χ2v) is 12.5. The van der Waals surface area contributed by atoms with Crippen LogP contribution >= 0.6 is 11.8 Å². The number of hydrogen-bond acceptors (Lipinski definition) is 3. The summed E-state index contributed by atoms with van der Waals surface area (Å²) in [6.07, 6.45) is 12.0. The molecule has 5 aliphatic carbocycles. The number of thioether (sulfide) groups is 1. The van der Waals surface area contributed by atoms with E-state index in [-0.39, 0.29) is 22.9 Å². The van der Waals surface area contributed by atoms with Crippen LogP contribution < -0.4 is 0 Å². The topological polar surface area (TPSA) is 26.3 Å². The van der Waals surface area contributed by atoms with Crippen LogP contribution in [0.4, 0.5) is 0 Å². The quantitative estimate of drug-likeness (QED) is 0.590. The van der Waals surface area contributed by atoms with E-state index in [1.165, 1.54) is 37.7 Å². The summed E-state index contributed by atoms with van der Waals surface area (Å²) in [4.78, 5) is 13.4. The highest BCUT2D eigenvalue weighted by atomic mass is 32.2. The summed E-state index contributed by atoms with van der Waals surface area (Å²) < 4.78 is 6.87. The molecule has 0 saturated heterocycles. The van der Waals surface area contributed by atoms with Crippen LogP contribution in [-0.2, 0) is 9.53 Å². The van der Waals surface area contributed by atoms with E-state index in [1.807, 2.05) is 11.8 Å². The molecule has 2 nitrogen and oxygen atoms in total. The lowest BCUT2D eigenvalue weighted by Gasteiger charge is -2.42. The molecule has 4 fully saturated rings. The molecule has 0 aromatic heterocycles. The van der Waals surface area contributed by atoms with Crippen LogP contribution in [0.2, 0.25) is 0 Å². The third-order valence-corrected chi connectivity index (χ3v) is 10.5. The Hall–Kier alpha value is -0.440. The molecule has 0 aromatic rings. The van der Waals surface area contributed by atoms with Gasteiger partial charge in [0.2, 0.25) is 5.78 Å². The molecule has 5 atom stereocenters. The zero-order valence-electron chi connectivity index (χ0n) is 17.8. The van der Waals surface area contributed by atoms with Crippen molar-refractivity contribution in [2.45, 2.75) is 85.2 Å². The monoisotopic (exact) mass is 388 g/mol. The predicted molar refractivity (Wildman–Crippen MR) is 112 cm³/mol. The molecule has 0 amide bonds. The molecule has 2 bridgehead atoms. The maximum Gasteiger partial charge on any atom is 0.201 e. The Morgan fingerprint density at radius 1 is 1.15 bits per heavy atom. The number of carbonyl (C=O) groups excluding carboxylic acids is 1. The van der Waals surface area contributed by atoms with Crippen molar-refractivity contribution in [3.63, 3.8) is 0 Å². The molecule has 0 aliphatic heterocycles. The van der Waals surface area contributed by atoms with Gasteiger partial charge >= 0.3 is 0 Å². The molecule has 0 unspecified atom stereocenters. The van der Waals surface area contributed by atoms with Gasteiger partial charge in [-0.15, -0.1) is 0 Å². The SMILES string of the molecule is CSC[C@]12CC[C@H](C[C@H]1OC1=C3CC(C)(C)C[C@@]34CCC[C@H]4C1=O)C2(C)C. The van der Waals surface area contributed by atoms with E-state index in [9.17, 15) is 4.79 Å². The zero-order chi connectivity index (χ0) is 19.2. The second kappa shape index (κ2) is 5.58. The van der Waals surface area contributed by atoms with Crippen molar-refractivity contribution in [2.24, 2.45) is 33.5 Å². The van der Waals surface area contributed by atoms with E-state index in [1.54, 1.807) is 0 Å². The van der Waals surface area contributed by atoms with Crippen molar-refractivity contribution in [3.05, 3.63) is 11.3 Å². The molecule has 3 heteroatoms.